The SMILES string of the molecule is CCSc1cc(N2C(=O)C3=C(CCCC3)C2=O)c(F)cc1Cl. The molecule has 116 valence electrons. The minimum absolute atomic E-state index is 0.00440. The molecule has 0 fully saturated rings. The van der Waals surface area contributed by atoms with Gasteiger partial charge >= 0.3 is 0 Å². The van der Waals surface area contributed by atoms with Crippen molar-refractivity contribution in [2.45, 2.75) is 37.5 Å². The highest BCUT2D eigenvalue weighted by atomic mass is 35.5. The second-order valence-electron chi connectivity index (χ2n) is 5.28. The van der Waals surface area contributed by atoms with Crippen LogP contribution in [-0.2, 0) is 9.59 Å². The van der Waals surface area contributed by atoms with Gasteiger partial charge in [0.2, 0.25) is 0 Å². The molecule has 1 aromatic rings. The average molecular weight is 340 g/mol. The lowest BCUT2D eigenvalue weighted by Crippen LogP contribution is -2.32. The van der Waals surface area contributed by atoms with Crippen molar-refractivity contribution < 1.29 is 14.0 Å². The number of hydrogen-bond donors (Lipinski definition) is 0. The van der Waals surface area contributed by atoms with Crippen molar-refractivity contribution in [3.8, 4) is 0 Å². The second kappa shape index (κ2) is 6.05. The molecule has 0 bridgehead atoms. The van der Waals surface area contributed by atoms with Crippen molar-refractivity contribution in [2.24, 2.45) is 0 Å². The molecule has 3 nitrogen and oxygen atoms in total. The van der Waals surface area contributed by atoms with E-state index in [2.05, 4.69) is 0 Å². The number of carbonyl (C=O) groups excluding carboxylic acids is 2. The predicted molar refractivity (Wildman–Crippen MR) is 85.8 cm³/mol. The van der Waals surface area contributed by atoms with Gasteiger partial charge in [0.15, 0.2) is 0 Å². The summed E-state index contributed by atoms with van der Waals surface area (Å²) in [5.74, 6) is -0.643. The predicted octanol–water partition coefficient (Wildman–Crippen LogP) is 4.33. The fourth-order valence-electron chi connectivity index (χ4n) is 2.91. The molecular formula is C16H15ClFNO2S. The van der Waals surface area contributed by atoms with E-state index in [1.165, 1.54) is 23.9 Å². The Labute approximate surface area is 137 Å². The summed E-state index contributed by atoms with van der Waals surface area (Å²) in [7, 11) is 0. The first-order valence-electron chi connectivity index (χ1n) is 7.27. The molecule has 0 radical (unpaired) electrons. The van der Waals surface area contributed by atoms with Crippen LogP contribution < -0.4 is 4.90 Å². The van der Waals surface area contributed by atoms with Gasteiger partial charge < -0.3 is 0 Å². The highest BCUT2D eigenvalue weighted by molar-refractivity contribution is 7.99. The third-order valence-electron chi connectivity index (χ3n) is 3.93. The molecule has 22 heavy (non-hydrogen) atoms. The topological polar surface area (TPSA) is 37.4 Å². The summed E-state index contributed by atoms with van der Waals surface area (Å²) < 4.78 is 14.3. The number of thioether (sulfide) groups is 1. The van der Waals surface area contributed by atoms with Crippen LogP contribution in [0.4, 0.5) is 10.1 Å². The zero-order valence-corrected chi connectivity index (χ0v) is 13.7. The maximum absolute atomic E-state index is 14.3. The summed E-state index contributed by atoms with van der Waals surface area (Å²) >= 11 is 7.47. The lowest BCUT2D eigenvalue weighted by atomic mass is 9.93. The Bertz CT molecular complexity index is 674. The van der Waals surface area contributed by atoms with Crippen molar-refractivity contribution in [1.29, 1.82) is 0 Å². The zero-order chi connectivity index (χ0) is 15.9. The molecule has 1 aliphatic heterocycles. The number of nitrogens with zero attached hydrogens (tertiary/aromatic N) is 1. The van der Waals surface area contributed by atoms with Crippen LogP contribution in [0.2, 0.25) is 5.02 Å². The minimum Gasteiger partial charge on any atom is -0.269 e. The molecule has 1 aliphatic carbocycles. The minimum atomic E-state index is -0.646. The molecule has 6 heteroatoms. The van der Waals surface area contributed by atoms with Crippen LogP contribution in [0.1, 0.15) is 32.6 Å². The van der Waals surface area contributed by atoms with Gasteiger partial charge in [-0.1, -0.05) is 18.5 Å². The molecule has 1 heterocycles. The monoisotopic (exact) mass is 339 g/mol. The number of rotatable bonds is 3. The van der Waals surface area contributed by atoms with Crippen LogP contribution in [-0.4, -0.2) is 17.6 Å². The van der Waals surface area contributed by atoms with Gasteiger partial charge in [0.25, 0.3) is 11.8 Å². The van der Waals surface area contributed by atoms with Crippen molar-refractivity contribution in [3.05, 3.63) is 34.1 Å². The van der Waals surface area contributed by atoms with E-state index < -0.39 is 5.82 Å². The average Bonchev–Trinajstić information content (AvgIpc) is 2.75. The van der Waals surface area contributed by atoms with E-state index in [1.54, 1.807) is 0 Å². The van der Waals surface area contributed by atoms with Crippen molar-refractivity contribution in [2.75, 3.05) is 10.7 Å². The number of amides is 2. The molecule has 0 spiro atoms. The maximum Gasteiger partial charge on any atom is 0.261 e. The molecule has 0 saturated carbocycles. The summed E-state index contributed by atoms with van der Waals surface area (Å²) in [6.45, 7) is 1.95. The zero-order valence-electron chi connectivity index (χ0n) is 12.1. The number of imide groups is 1. The number of carbonyl (C=O) groups is 2. The van der Waals surface area contributed by atoms with Crippen LogP contribution >= 0.6 is 23.4 Å². The third kappa shape index (κ3) is 2.46. The molecule has 0 atom stereocenters. The standard InChI is InChI=1S/C16H15ClFNO2S/c1-2-22-14-8-13(12(18)7-11(14)17)19-15(20)9-5-3-4-6-10(9)16(19)21/h7-8H,2-6H2,1H3. The highest BCUT2D eigenvalue weighted by Crippen LogP contribution is 2.39. The van der Waals surface area contributed by atoms with Gasteiger partial charge in [-0.2, -0.15) is 0 Å². The van der Waals surface area contributed by atoms with E-state index >= 15 is 0 Å². The van der Waals surface area contributed by atoms with E-state index in [1.807, 2.05) is 6.92 Å². The highest BCUT2D eigenvalue weighted by Gasteiger charge is 2.40. The Morgan fingerprint density at radius 1 is 1.18 bits per heavy atom. The maximum atomic E-state index is 14.3. The molecule has 3 rings (SSSR count). The fourth-order valence-corrected chi connectivity index (χ4v) is 3.93. The van der Waals surface area contributed by atoms with Gasteiger partial charge in [-0.15, -0.1) is 11.8 Å². The van der Waals surface area contributed by atoms with Gasteiger partial charge in [-0.05, 0) is 43.6 Å². The first-order chi connectivity index (χ1) is 10.5. The molecular weight excluding hydrogens is 325 g/mol. The normalized spacial score (nSPS) is 18.2. The summed E-state index contributed by atoms with van der Waals surface area (Å²) in [5.41, 5.74) is 1.11. The first kappa shape index (κ1) is 15.6. The second-order valence-corrected chi connectivity index (χ2v) is 6.99. The van der Waals surface area contributed by atoms with Crippen molar-refractivity contribution in [1.82, 2.24) is 0 Å². The number of halogens is 2. The van der Waals surface area contributed by atoms with Crippen LogP contribution in [0.25, 0.3) is 0 Å². The van der Waals surface area contributed by atoms with Crippen LogP contribution in [0, 0.1) is 5.82 Å². The molecule has 0 unspecified atom stereocenters. The van der Waals surface area contributed by atoms with Gasteiger partial charge in [-0.3, -0.25) is 9.59 Å². The number of hydrogen-bond acceptors (Lipinski definition) is 3. The Kier molecular flexibility index (Phi) is 4.28. The van der Waals surface area contributed by atoms with E-state index in [0.717, 1.165) is 23.5 Å². The summed E-state index contributed by atoms with van der Waals surface area (Å²) in [4.78, 5) is 26.6. The fraction of sp³-hybridized carbons (Fsp3) is 0.375. The molecule has 0 saturated heterocycles. The third-order valence-corrected chi connectivity index (χ3v) is 5.29. The van der Waals surface area contributed by atoms with Crippen molar-refractivity contribution in [3.63, 3.8) is 0 Å². The Morgan fingerprint density at radius 3 is 2.32 bits per heavy atom. The molecule has 0 N–H and O–H groups in total. The summed E-state index contributed by atoms with van der Waals surface area (Å²) in [6, 6.07) is 2.67. The molecule has 1 aromatic carbocycles. The van der Waals surface area contributed by atoms with E-state index in [0.29, 0.717) is 33.9 Å². The van der Waals surface area contributed by atoms with Gasteiger partial charge in [0.1, 0.15) is 5.82 Å². The molecule has 2 amide bonds. The van der Waals surface area contributed by atoms with Crippen LogP contribution in [0.3, 0.4) is 0 Å². The quantitative estimate of drug-likeness (QED) is 0.607. The lowest BCUT2D eigenvalue weighted by Gasteiger charge is -2.17. The Morgan fingerprint density at radius 2 is 1.77 bits per heavy atom. The summed E-state index contributed by atoms with van der Waals surface area (Å²) in [5, 5.41) is 0.296. The number of benzene rings is 1. The lowest BCUT2D eigenvalue weighted by molar-refractivity contribution is -0.120. The molecule has 0 aromatic heterocycles. The van der Waals surface area contributed by atoms with E-state index in [4.69, 9.17) is 11.6 Å². The largest absolute Gasteiger partial charge is 0.269 e. The van der Waals surface area contributed by atoms with Gasteiger partial charge in [0, 0.05) is 16.0 Å². The Balaban J connectivity index is 2.03. The first-order valence-corrected chi connectivity index (χ1v) is 8.63. The van der Waals surface area contributed by atoms with Crippen LogP contribution in [0.5, 0.6) is 0 Å². The van der Waals surface area contributed by atoms with Crippen LogP contribution in [0.15, 0.2) is 28.2 Å². The smallest absolute Gasteiger partial charge is 0.261 e. The Hall–Kier alpha value is -1.33. The van der Waals surface area contributed by atoms with Gasteiger partial charge in [-0.25, -0.2) is 9.29 Å². The molecule has 2 aliphatic rings. The van der Waals surface area contributed by atoms with E-state index in [9.17, 15) is 14.0 Å². The number of anilines is 1. The van der Waals surface area contributed by atoms with Gasteiger partial charge in [0.05, 0.1) is 10.7 Å². The summed E-state index contributed by atoms with van der Waals surface area (Å²) in [6.07, 6.45) is 2.99. The van der Waals surface area contributed by atoms with E-state index in [-0.39, 0.29) is 17.5 Å². The van der Waals surface area contributed by atoms with Crippen molar-refractivity contribution >= 4 is 40.9 Å².